The van der Waals surface area contributed by atoms with E-state index >= 15 is 0 Å². The third kappa shape index (κ3) is 3.99. The first-order chi connectivity index (χ1) is 7.11. The molecule has 86 valence electrons. The topological polar surface area (TPSA) is 86.8 Å². The van der Waals surface area contributed by atoms with Gasteiger partial charge >= 0.3 is 0 Å². The highest BCUT2D eigenvalue weighted by Crippen LogP contribution is 2.14. The monoisotopic (exact) mass is 214 g/mol. The van der Waals surface area contributed by atoms with Gasteiger partial charge in [0.1, 0.15) is 12.5 Å². The molecule has 0 aromatic rings. The van der Waals surface area contributed by atoms with E-state index < -0.39 is 12.5 Å². The van der Waals surface area contributed by atoms with Gasteiger partial charge in [-0.1, -0.05) is 6.42 Å². The molecule has 1 heterocycles. The first-order valence-corrected chi connectivity index (χ1v) is 5.20. The second kappa shape index (κ2) is 5.85. The molecule has 0 bridgehead atoms. The Bertz CT molecular complexity index is 231. The van der Waals surface area contributed by atoms with Crippen LogP contribution in [0.4, 0.5) is 0 Å². The van der Waals surface area contributed by atoms with Crippen LogP contribution in [0.1, 0.15) is 25.7 Å². The van der Waals surface area contributed by atoms with Crippen molar-refractivity contribution in [2.24, 2.45) is 5.73 Å². The van der Waals surface area contributed by atoms with Crippen molar-refractivity contribution in [3.8, 4) is 0 Å². The van der Waals surface area contributed by atoms with E-state index in [1.54, 1.807) is 17.1 Å². The zero-order chi connectivity index (χ0) is 11.3. The molecule has 1 rings (SSSR count). The standard InChI is InChI=1S/C10H18N2O3/c11-8(13)4-2-1-3-7-12-9(14)5-6-10(12)15/h5-6,9-10,14-15H,1-4,7H2,(H2,11,13). The third-order valence-electron chi connectivity index (χ3n) is 2.47. The van der Waals surface area contributed by atoms with E-state index in [9.17, 15) is 15.0 Å². The average molecular weight is 214 g/mol. The van der Waals surface area contributed by atoms with Crippen molar-refractivity contribution in [3.05, 3.63) is 12.2 Å². The van der Waals surface area contributed by atoms with Crippen LogP contribution in [-0.2, 0) is 4.79 Å². The second-order valence-corrected chi connectivity index (χ2v) is 3.73. The van der Waals surface area contributed by atoms with E-state index in [-0.39, 0.29) is 5.91 Å². The molecule has 1 aliphatic rings. The predicted molar refractivity (Wildman–Crippen MR) is 55.5 cm³/mol. The maximum absolute atomic E-state index is 10.4. The Balaban J connectivity index is 2.07. The number of hydrogen-bond donors (Lipinski definition) is 3. The van der Waals surface area contributed by atoms with E-state index in [0.29, 0.717) is 13.0 Å². The molecule has 4 N–H and O–H groups in total. The molecule has 0 aromatic heterocycles. The number of carbonyl (C=O) groups is 1. The fourth-order valence-corrected chi connectivity index (χ4v) is 1.61. The zero-order valence-electron chi connectivity index (χ0n) is 8.67. The summed E-state index contributed by atoms with van der Waals surface area (Å²) in [5.74, 6) is -0.280. The van der Waals surface area contributed by atoms with Gasteiger partial charge < -0.3 is 15.9 Å². The summed E-state index contributed by atoms with van der Waals surface area (Å²) in [5.41, 5.74) is 5.00. The Morgan fingerprint density at radius 3 is 2.33 bits per heavy atom. The number of amides is 1. The number of primary amides is 1. The van der Waals surface area contributed by atoms with Gasteiger partial charge in [-0.25, -0.2) is 4.90 Å². The molecule has 0 aromatic carbocycles. The summed E-state index contributed by atoms with van der Waals surface area (Å²) in [6, 6.07) is 0. The highest BCUT2D eigenvalue weighted by Gasteiger charge is 2.23. The molecule has 0 aliphatic carbocycles. The Hall–Kier alpha value is -0.910. The van der Waals surface area contributed by atoms with E-state index in [2.05, 4.69) is 0 Å². The molecule has 0 saturated heterocycles. The molecule has 15 heavy (non-hydrogen) atoms. The van der Waals surface area contributed by atoms with Crippen LogP contribution in [0.15, 0.2) is 12.2 Å². The maximum atomic E-state index is 10.4. The Labute approximate surface area is 89.2 Å². The van der Waals surface area contributed by atoms with Crippen molar-refractivity contribution in [2.45, 2.75) is 38.1 Å². The highest BCUT2D eigenvalue weighted by molar-refractivity contribution is 5.73. The molecule has 1 amide bonds. The first kappa shape index (κ1) is 12.2. The molecular weight excluding hydrogens is 196 g/mol. The van der Waals surface area contributed by atoms with E-state index in [4.69, 9.17) is 5.73 Å². The molecule has 0 radical (unpaired) electrons. The number of nitrogens with two attached hydrogens (primary N) is 1. The van der Waals surface area contributed by atoms with Gasteiger partial charge in [0, 0.05) is 13.0 Å². The summed E-state index contributed by atoms with van der Waals surface area (Å²) >= 11 is 0. The van der Waals surface area contributed by atoms with Crippen molar-refractivity contribution in [1.29, 1.82) is 0 Å². The summed E-state index contributed by atoms with van der Waals surface area (Å²) in [6.45, 7) is 0.619. The first-order valence-electron chi connectivity index (χ1n) is 5.20. The molecule has 2 atom stereocenters. The lowest BCUT2D eigenvalue weighted by Gasteiger charge is -2.23. The van der Waals surface area contributed by atoms with Gasteiger partial charge in [0.15, 0.2) is 0 Å². The van der Waals surface area contributed by atoms with Gasteiger partial charge in [0.25, 0.3) is 0 Å². The van der Waals surface area contributed by atoms with Crippen molar-refractivity contribution in [3.63, 3.8) is 0 Å². The summed E-state index contributed by atoms with van der Waals surface area (Å²) in [4.78, 5) is 12.0. The van der Waals surface area contributed by atoms with Crippen molar-refractivity contribution in [2.75, 3.05) is 6.54 Å². The average Bonchev–Trinajstić information content (AvgIpc) is 2.47. The predicted octanol–water partition coefficient (Wildman–Crippen LogP) is -0.459. The minimum Gasteiger partial charge on any atom is -0.375 e. The molecule has 0 spiro atoms. The van der Waals surface area contributed by atoms with Crippen LogP contribution in [0.25, 0.3) is 0 Å². The number of aliphatic hydroxyl groups is 2. The lowest BCUT2D eigenvalue weighted by molar-refractivity contribution is -0.118. The summed E-state index contributed by atoms with van der Waals surface area (Å²) in [6.07, 6.45) is 4.64. The number of aliphatic hydroxyl groups excluding tert-OH is 2. The van der Waals surface area contributed by atoms with Crippen molar-refractivity contribution >= 4 is 5.91 Å². The van der Waals surface area contributed by atoms with Crippen LogP contribution in [-0.4, -0.2) is 40.0 Å². The van der Waals surface area contributed by atoms with E-state index in [1.165, 1.54) is 0 Å². The van der Waals surface area contributed by atoms with Crippen molar-refractivity contribution < 1.29 is 15.0 Å². The van der Waals surface area contributed by atoms with Crippen LogP contribution >= 0.6 is 0 Å². The van der Waals surface area contributed by atoms with Crippen molar-refractivity contribution in [1.82, 2.24) is 4.90 Å². The highest BCUT2D eigenvalue weighted by atomic mass is 16.3. The summed E-state index contributed by atoms with van der Waals surface area (Å²) < 4.78 is 0. The summed E-state index contributed by atoms with van der Waals surface area (Å²) in [7, 11) is 0. The largest absolute Gasteiger partial charge is 0.375 e. The molecule has 5 heteroatoms. The smallest absolute Gasteiger partial charge is 0.217 e. The maximum Gasteiger partial charge on any atom is 0.217 e. The van der Waals surface area contributed by atoms with Crippen LogP contribution in [0.3, 0.4) is 0 Å². The number of nitrogens with zero attached hydrogens (tertiary/aromatic N) is 1. The third-order valence-corrected chi connectivity index (χ3v) is 2.47. The lowest BCUT2D eigenvalue weighted by Crippen LogP contribution is -2.37. The molecule has 0 saturated carbocycles. The summed E-state index contributed by atoms with van der Waals surface area (Å²) in [5, 5.41) is 18.8. The minimum absolute atomic E-state index is 0.280. The zero-order valence-corrected chi connectivity index (χ0v) is 8.67. The minimum atomic E-state index is -0.684. The number of rotatable bonds is 6. The normalized spacial score (nSPS) is 26.0. The Morgan fingerprint density at radius 1 is 1.20 bits per heavy atom. The molecule has 0 fully saturated rings. The molecular formula is C10H18N2O3. The number of hydrogen-bond acceptors (Lipinski definition) is 4. The number of carbonyl (C=O) groups excluding carboxylic acids is 1. The van der Waals surface area contributed by atoms with E-state index in [0.717, 1.165) is 19.3 Å². The van der Waals surface area contributed by atoms with E-state index in [1.807, 2.05) is 0 Å². The van der Waals surface area contributed by atoms with Crippen LogP contribution in [0.2, 0.25) is 0 Å². The molecule has 5 nitrogen and oxygen atoms in total. The van der Waals surface area contributed by atoms with Gasteiger partial charge in [-0.05, 0) is 25.0 Å². The SMILES string of the molecule is NC(=O)CCCCCN1C(O)C=CC1O. The number of unbranched alkanes of at least 4 members (excludes halogenated alkanes) is 2. The quantitative estimate of drug-likeness (QED) is 0.412. The lowest BCUT2D eigenvalue weighted by atomic mass is 10.2. The fraction of sp³-hybridized carbons (Fsp3) is 0.700. The van der Waals surface area contributed by atoms with Gasteiger partial charge in [-0.3, -0.25) is 4.79 Å². The second-order valence-electron chi connectivity index (χ2n) is 3.73. The molecule has 2 unspecified atom stereocenters. The van der Waals surface area contributed by atoms with Crippen LogP contribution in [0, 0.1) is 0 Å². The Morgan fingerprint density at radius 2 is 1.80 bits per heavy atom. The fourth-order valence-electron chi connectivity index (χ4n) is 1.61. The van der Waals surface area contributed by atoms with Crippen LogP contribution < -0.4 is 5.73 Å². The Kier molecular flexibility index (Phi) is 4.74. The van der Waals surface area contributed by atoms with Crippen LogP contribution in [0.5, 0.6) is 0 Å². The molecule has 1 aliphatic heterocycles. The van der Waals surface area contributed by atoms with Gasteiger partial charge in [-0.2, -0.15) is 0 Å². The van der Waals surface area contributed by atoms with Gasteiger partial charge in [0.2, 0.25) is 5.91 Å². The van der Waals surface area contributed by atoms with Gasteiger partial charge in [0.05, 0.1) is 0 Å². The van der Waals surface area contributed by atoms with Gasteiger partial charge in [-0.15, -0.1) is 0 Å².